The van der Waals surface area contributed by atoms with Crippen LogP contribution < -0.4 is 9.62 Å². The van der Waals surface area contributed by atoms with E-state index >= 15 is 0 Å². The van der Waals surface area contributed by atoms with Crippen LogP contribution >= 0.6 is 0 Å². The quantitative estimate of drug-likeness (QED) is 0.505. The predicted octanol–water partition coefficient (Wildman–Crippen LogP) is 2.78. The average Bonchev–Trinajstić information content (AvgIpc) is 3.29. The average molecular weight is 492 g/mol. The largest absolute Gasteiger partial charge is 0.468 e. The van der Waals surface area contributed by atoms with Gasteiger partial charge < -0.3 is 14.2 Å². The third-order valence-electron chi connectivity index (χ3n) is 5.64. The minimum absolute atomic E-state index is 0.0664. The van der Waals surface area contributed by atoms with E-state index in [1.165, 1.54) is 24.5 Å². The number of sulfonamides is 1. The maximum absolute atomic E-state index is 12.8. The van der Waals surface area contributed by atoms with Gasteiger partial charge in [0.05, 0.1) is 23.3 Å². The number of benzene rings is 1. The molecule has 9 nitrogen and oxygen atoms in total. The molecule has 1 aliphatic rings. The second-order valence-corrected chi connectivity index (χ2v) is 9.73. The van der Waals surface area contributed by atoms with Crippen molar-refractivity contribution in [2.75, 3.05) is 31.1 Å². The molecule has 1 saturated heterocycles. The summed E-state index contributed by atoms with van der Waals surface area (Å²) in [4.78, 5) is 21.0. The Kier molecular flexibility index (Phi) is 7.60. The second-order valence-electron chi connectivity index (χ2n) is 7.96. The first-order valence-corrected chi connectivity index (χ1v) is 12.6. The molecular formula is C25H25N5O4S. The van der Waals surface area contributed by atoms with E-state index < -0.39 is 10.0 Å². The zero-order valence-electron chi connectivity index (χ0n) is 19.0. The van der Waals surface area contributed by atoms with Crippen LogP contribution in [0.3, 0.4) is 0 Å². The van der Waals surface area contributed by atoms with Gasteiger partial charge in [0.2, 0.25) is 15.9 Å². The lowest BCUT2D eigenvalue weighted by molar-refractivity contribution is -0.125. The zero-order valence-corrected chi connectivity index (χ0v) is 19.8. The van der Waals surface area contributed by atoms with Crippen molar-refractivity contribution < 1.29 is 17.6 Å². The molecule has 4 rings (SSSR count). The molecule has 180 valence electrons. The van der Waals surface area contributed by atoms with Crippen molar-refractivity contribution in [3.63, 3.8) is 0 Å². The number of pyridine rings is 1. The van der Waals surface area contributed by atoms with Crippen molar-refractivity contribution in [3.05, 3.63) is 84.0 Å². The molecule has 0 unspecified atom stereocenters. The van der Waals surface area contributed by atoms with Gasteiger partial charge in [-0.1, -0.05) is 12.1 Å². The van der Waals surface area contributed by atoms with Crippen molar-refractivity contribution in [1.82, 2.24) is 14.6 Å². The molecule has 0 bridgehead atoms. The summed E-state index contributed by atoms with van der Waals surface area (Å²) in [5.74, 6) is 1.05. The van der Waals surface area contributed by atoms with E-state index in [2.05, 4.69) is 15.8 Å². The standard InChI is InChI=1S/C25H25N5O4S/c26-18-21-4-1-12-27-25(21)30-14-3-13-29(15-16-30)24(31)11-8-20-6-9-23(10-7-20)35(32,33)28-19-22-5-2-17-34-22/h1-2,4-12,17,28H,3,13-16,19H2/b11-8+. The van der Waals surface area contributed by atoms with Crippen LogP contribution in [-0.4, -0.2) is 50.4 Å². The highest BCUT2D eigenvalue weighted by Crippen LogP contribution is 2.18. The van der Waals surface area contributed by atoms with E-state index in [0.29, 0.717) is 48.9 Å². The summed E-state index contributed by atoms with van der Waals surface area (Å²) in [6.07, 6.45) is 7.08. The summed E-state index contributed by atoms with van der Waals surface area (Å²) in [6, 6.07) is 15.3. The Morgan fingerprint density at radius 3 is 2.69 bits per heavy atom. The van der Waals surface area contributed by atoms with E-state index in [1.807, 2.05) is 4.90 Å². The number of carbonyl (C=O) groups excluding carboxylic acids is 1. The molecule has 0 aliphatic carbocycles. The van der Waals surface area contributed by atoms with Gasteiger partial charge in [0.15, 0.2) is 0 Å². The molecule has 1 aliphatic heterocycles. The normalized spacial score (nSPS) is 14.6. The van der Waals surface area contributed by atoms with E-state index in [4.69, 9.17) is 4.42 Å². The minimum Gasteiger partial charge on any atom is -0.468 e. The maximum Gasteiger partial charge on any atom is 0.246 e. The molecule has 1 fully saturated rings. The highest BCUT2D eigenvalue weighted by Gasteiger charge is 2.20. The van der Waals surface area contributed by atoms with Crippen LogP contribution in [0.25, 0.3) is 6.08 Å². The van der Waals surface area contributed by atoms with Crippen LogP contribution in [0.15, 0.2) is 76.4 Å². The summed E-state index contributed by atoms with van der Waals surface area (Å²) in [6.45, 7) is 2.48. The van der Waals surface area contributed by atoms with Crippen molar-refractivity contribution in [3.8, 4) is 6.07 Å². The number of rotatable bonds is 7. The van der Waals surface area contributed by atoms with E-state index in [0.717, 1.165) is 6.42 Å². The molecule has 1 aromatic carbocycles. The molecule has 3 aromatic rings. The molecule has 0 spiro atoms. The predicted molar refractivity (Wildman–Crippen MR) is 131 cm³/mol. The van der Waals surface area contributed by atoms with Gasteiger partial charge in [-0.3, -0.25) is 4.79 Å². The first kappa shape index (κ1) is 24.2. The Morgan fingerprint density at radius 2 is 1.94 bits per heavy atom. The zero-order chi connectivity index (χ0) is 24.7. The number of amides is 1. The molecule has 0 atom stereocenters. The monoisotopic (exact) mass is 491 g/mol. The number of nitrogens with zero attached hydrogens (tertiary/aromatic N) is 4. The molecule has 10 heteroatoms. The van der Waals surface area contributed by atoms with Gasteiger partial charge in [-0.25, -0.2) is 18.1 Å². The molecule has 1 amide bonds. The van der Waals surface area contributed by atoms with Gasteiger partial charge in [-0.05, 0) is 54.5 Å². The number of furan rings is 1. The molecule has 0 radical (unpaired) electrons. The first-order valence-electron chi connectivity index (χ1n) is 11.2. The lowest BCUT2D eigenvalue weighted by Gasteiger charge is -2.22. The maximum atomic E-state index is 12.8. The van der Waals surface area contributed by atoms with Crippen molar-refractivity contribution in [2.45, 2.75) is 17.9 Å². The Bertz CT molecular complexity index is 1330. The molecular weight excluding hydrogens is 466 g/mol. The number of nitrogens with one attached hydrogen (secondary N) is 1. The van der Waals surface area contributed by atoms with Gasteiger partial charge in [0.25, 0.3) is 0 Å². The topological polar surface area (TPSA) is 120 Å². The van der Waals surface area contributed by atoms with Crippen LogP contribution in [0.5, 0.6) is 0 Å². The lowest BCUT2D eigenvalue weighted by Crippen LogP contribution is -2.34. The minimum atomic E-state index is -3.68. The Balaban J connectivity index is 1.34. The van der Waals surface area contributed by atoms with Gasteiger partial charge >= 0.3 is 0 Å². The van der Waals surface area contributed by atoms with Crippen molar-refractivity contribution in [2.24, 2.45) is 0 Å². The number of hydrogen-bond donors (Lipinski definition) is 1. The number of carbonyl (C=O) groups is 1. The third-order valence-corrected chi connectivity index (χ3v) is 7.06. The fourth-order valence-corrected chi connectivity index (χ4v) is 4.77. The first-order chi connectivity index (χ1) is 17.0. The molecule has 35 heavy (non-hydrogen) atoms. The summed E-state index contributed by atoms with van der Waals surface area (Å²) in [5.41, 5.74) is 1.24. The smallest absolute Gasteiger partial charge is 0.246 e. The van der Waals surface area contributed by atoms with Crippen LogP contribution in [-0.2, 0) is 21.4 Å². The van der Waals surface area contributed by atoms with Crippen LogP contribution in [0.4, 0.5) is 5.82 Å². The Hall–Kier alpha value is -3.94. The van der Waals surface area contributed by atoms with E-state index in [9.17, 15) is 18.5 Å². The molecule has 0 saturated carbocycles. The van der Waals surface area contributed by atoms with Gasteiger partial charge in [-0.15, -0.1) is 0 Å². The fraction of sp³-hybridized carbons (Fsp3) is 0.240. The lowest BCUT2D eigenvalue weighted by atomic mass is 10.2. The van der Waals surface area contributed by atoms with Crippen molar-refractivity contribution >= 4 is 27.8 Å². The summed E-state index contributed by atoms with van der Waals surface area (Å²) in [5, 5.41) is 9.33. The van der Waals surface area contributed by atoms with Crippen LogP contribution in [0, 0.1) is 11.3 Å². The van der Waals surface area contributed by atoms with Gasteiger partial charge in [-0.2, -0.15) is 5.26 Å². The number of hydrogen-bond acceptors (Lipinski definition) is 7. The molecule has 3 heterocycles. The fourth-order valence-electron chi connectivity index (χ4n) is 3.78. The number of aromatic nitrogens is 1. The van der Waals surface area contributed by atoms with E-state index in [-0.39, 0.29) is 17.3 Å². The van der Waals surface area contributed by atoms with Crippen LogP contribution in [0.2, 0.25) is 0 Å². The Morgan fingerprint density at radius 1 is 1.11 bits per heavy atom. The van der Waals surface area contributed by atoms with Crippen molar-refractivity contribution in [1.29, 1.82) is 5.26 Å². The van der Waals surface area contributed by atoms with Crippen LogP contribution in [0.1, 0.15) is 23.3 Å². The van der Waals surface area contributed by atoms with Gasteiger partial charge in [0, 0.05) is 38.5 Å². The van der Waals surface area contributed by atoms with Gasteiger partial charge in [0.1, 0.15) is 17.6 Å². The highest BCUT2D eigenvalue weighted by molar-refractivity contribution is 7.89. The third kappa shape index (κ3) is 6.15. The number of nitriles is 1. The Labute approximate surface area is 204 Å². The number of anilines is 1. The molecule has 1 N–H and O–H groups in total. The highest BCUT2D eigenvalue weighted by atomic mass is 32.2. The summed E-state index contributed by atoms with van der Waals surface area (Å²) < 4.78 is 32.5. The second kappa shape index (κ2) is 11.0. The summed E-state index contributed by atoms with van der Waals surface area (Å²) >= 11 is 0. The molecule has 2 aromatic heterocycles. The SMILES string of the molecule is N#Cc1cccnc1N1CCCN(C(=O)/C=C/c2ccc(S(=O)(=O)NCc3ccco3)cc2)CC1. The summed E-state index contributed by atoms with van der Waals surface area (Å²) in [7, 11) is -3.68. The van der Waals surface area contributed by atoms with E-state index in [1.54, 1.807) is 53.6 Å².